The lowest BCUT2D eigenvalue weighted by Gasteiger charge is -2.20. The van der Waals surface area contributed by atoms with Crippen molar-refractivity contribution in [1.29, 1.82) is 0 Å². The van der Waals surface area contributed by atoms with Crippen LogP contribution in [0.5, 0.6) is 0 Å². The lowest BCUT2D eigenvalue weighted by molar-refractivity contribution is 0.628. The predicted molar refractivity (Wildman–Crippen MR) is 81.0 cm³/mol. The second-order valence-electron chi connectivity index (χ2n) is 5.28. The number of anilines is 2. The van der Waals surface area contributed by atoms with Crippen LogP contribution in [0.2, 0.25) is 0 Å². The van der Waals surface area contributed by atoms with Gasteiger partial charge in [-0.1, -0.05) is 18.2 Å². The molecule has 1 unspecified atom stereocenters. The second kappa shape index (κ2) is 5.25. The molecule has 1 aliphatic rings. The highest BCUT2D eigenvalue weighted by Gasteiger charge is 2.20. The summed E-state index contributed by atoms with van der Waals surface area (Å²) in [5.74, 6) is -0.170. The molecule has 20 heavy (non-hydrogen) atoms. The summed E-state index contributed by atoms with van der Waals surface area (Å²) in [5, 5.41) is 3.23. The van der Waals surface area contributed by atoms with Crippen LogP contribution in [-0.4, -0.2) is 13.6 Å². The van der Waals surface area contributed by atoms with Gasteiger partial charge in [0.05, 0.1) is 0 Å². The Kier molecular flexibility index (Phi) is 3.45. The van der Waals surface area contributed by atoms with Gasteiger partial charge in [-0.3, -0.25) is 0 Å². The van der Waals surface area contributed by atoms with Crippen LogP contribution in [0, 0.1) is 5.82 Å². The summed E-state index contributed by atoms with van der Waals surface area (Å²) < 4.78 is 13.4. The Balaban J connectivity index is 1.90. The number of halogens is 1. The Morgan fingerprint density at radius 2 is 1.90 bits per heavy atom. The maximum atomic E-state index is 13.4. The molecule has 0 aromatic heterocycles. The van der Waals surface area contributed by atoms with Crippen molar-refractivity contribution in [3.63, 3.8) is 0 Å². The Morgan fingerprint density at radius 1 is 1.15 bits per heavy atom. The van der Waals surface area contributed by atoms with Crippen molar-refractivity contribution >= 4 is 11.4 Å². The van der Waals surface area contributed by atoms with E-state index in [9.17, 15) is 4.39 Å². The van der Waals surface area contributed by atoms with Gasteiger partial charge in [0.2, 0.25) is 0 Å². The highest BCUT2D eigenvalue weighted by atomic mass is 19.1. The molecule has 0 amide bonds. The van der Waals surface area contributed by atoms with Crippen LogP contribution in [0.25, 0.3) is 0 Å². The summed E-state index contributed by atoms with van der Waals surface area (Å²) in [6, 6.07) is 13.9. The first-order valence-electron chi connectivity index (χ1n) is 7.02. The maximum absolute atomic E-state index is 13.4. The largest absolute Gasteiger partial charge is 0.341 e. The normalized spacial score (nSPS) is 15.2. The fourth-order valence-corrected chi connectivity index (χ4v) is 2.73. The van der Waals surface area contributed by atoms with Gasteiger partial charge in [0.1, 0.15) is 5.82 Å². The van der Waals surface area contributed by atoms with E-state index in [2.05, 4.69) is 41.4 Å². The summed E-state index contributed by atoms with van der Waals surface area (Å²) in [5.41, 5.74) is 4.61. The minimum atomic E-state index is -0.170. The quantitative estimate of drug-likeness (QED) is 0.912. The smallest absolute Gasteiger partial charge is 0.125 e. The van der Waals surface area contributed by atoms with Gasteiger partial charge in [0.15, 0.2) is 0 Å². The SMILES string of the molecule is CNC(C)c1ccc(N2CCc3ccc(F)cc32)cc1. The van der Waals surface area contributed by atoms with E-state index in [1.807, 2.05) is 13.1 Å². The topological polar surface area (TPSA) is 15.3 Å². The number of fused-ring (bicyclic) bond motifs is 1. The lowest BCUT2D eigenvalue weighted by atomic mass is 10.1. The molecule has 0 bridgehead atoms. The van der Waals surface area contributed by atoms with Crippen LogP contribution in [-0.2, 0) is 6.42 Å². The zero-order valence-electron chi connectivity index (χ0n) is 11.9. The van der Waals surface area contributed by atoms with Crippen LogP contribution in [0.1, 0.15) is 24.1 Å². The molecule has 0 fully saturated rings. The van der Waals surface area contributed by atoms with E-state index in [-0.39, 0.29) is 5.82 Å². The van der Waals surface area contributed by atoms with E-state index < -0.39 is 0 Å². The lowest BCUT2D eigenvalue weighted by Crippen LogP contribution is -2.15. The predicted octanol–water partition coefficient (Wildman–Crippen LogP) is 3.80. The summed E-state index contributed by atoms with van der Waals surface area (Å²) >= 11 is 0. The van der Waals surface area contributed by atoms with Gasteiger partial charge in [-0.15, -0.1) is 0 Å². The molecule has 1 heterocycles. The molecule has 0 radical (unpaired) electrons. The average Bonchev–Trinajstić information content (AvgIpc) is 2.89. The van der Waals surface area contributed by atoms with Crippen molar-refractivity contribution in [2.24, 2.45) is 0 Å². The monoisotopic (exact) mass is 270 g/mol. The Hall–Kier alpha value is -1.87. The maximum Gasteiger partial charge on any atom is 0.125 e. The molecule has 1 N–H and O–H groups in total. The van der Waals surface area contributed by atoms with Gasteiger partial charge in [0, 0.05) is 24.0 Å². The molecule has 3 rings (SSSR count). The second-order valence-corrected chi connectivity index (χ2v) is 5.28. The van der Waals surface area contributed by atoms with E-state index in [0.29, 0.717) is 6.04 Å². The van der Waals surface area contributed by atoms with E-state index in [0.717, 1.165) is 24.3 Å². The van der Waals surface area contributed by atoms with Crippen molar-refractivity contribution in [1.82, 2.24) is 5.32 Å². The molecule has 2 nitrogen and oxygen atoms in total. The fraction of sp³-hybridized carbons (Fsp3) is 0.294. The van der Waals surface area contributed by atoms with E-state index >= 15 is 0 Å². The molecule has 0 saturated carbocycles. The van der Waals surface area contributed by atoms with Crippen molar-refractivity contribution in [3.05, 3.63) is 59.4 Å². The molecule has 2 aromatic carbocycles. The molecule has 104 valence electrons. The minimum absolute atomic E-state index is 0.170. The first-order valence-corrected chi connectivity index (χ1v) is 7.02. The molecule has 2 aromatic rings. The molecule has 1 aliphatic heterocycles. The van der Waals surface area contributed by atoms with Gasteiger partial charge in [0.25, 0.3) is 0 Å². The Labute approximate surface area is 119 Å². The zero-order chi connectivity index (χ0) is 14.1. The highest BCUT2D eigenvalue weighted by molar-refractivity contribution is 5.70. The van der Waals surface area contributed by atoms with Crippen molar-refractivity contribution in [2.75, 3.05) is 18.5 Å². The van der Waals surface area contributed by atoms with Gasteiger partial charge in [-0.05, 0) is 55.8 Å². The summed E-state index contributed by atoms with van der Waals surface area (Å²) in [7, 11) is 1.96. The van der Waals surface area contributed by atoms with E-state index in [1.54, 1.807) is 12.1 Å². The minimum Gasteiger partial charge on any atom is -0.341 e. The Morgan fingerprint density at radius 3 is 2.60 bits per heavy atom. The third-order valence-electron chi connectivity index (χ3n) is 4.08. The third-order valence-corrected chi connectivity index (χ3v) is 4.08. The number of hydrogen-bond donors (Lipinski definition) is 1. The third kappa shape index (κ3) is 2.29. The molecule has 0 saturated heterocycles. The fourth-order valence-electron chi connectivity index (χ4n) is 2.73. The molecule has 0 aliphatic carbocycles. The van der Waals surface area contributed by atoms with Crippen molar-refractivity contribution in [3.8, 4) is 0 Å². The van der Waals surface area contributed by atoms with Crippen LogP contribution in [0.3, 0.4) is 0 Å². The molecule has 3 heteroatoms. The van der Waals surface area contributed by atoms with Crippen molar-refractivity contribution in [2.45, 2.75) is 19.4 Å². The van der Waals surface area contributed by atoms with E-state index in [1.165, 1.54) is 11.1 Å². The summed E-state index contributed by atoms with van der Waals surface area (Å²) in [6.45, 7) is 3.05. The van der Waals surface area contributed by atoms with Gasteiger partial charge in [-0.2, -0.15) is 0 Å². The van der Waals surface area contributed by atoms with Gasteiger partial charge < -0.3 is 10.2 Å². The van der Waals surface area contributed by atoms with Crippen LogP contribution < -0.4 is 10.2 Å². The van der Waals surface area contributed by atoms with Crippen LogP contribution in [0.4, 0.5) is 15.8 Å². The standard InChI is InChI=1S/C17H19FN2/c1-12(19-2)13-4-7-16(8-5-13)20-10-9-14-3-6-15(18)11-17(14)20/h3-8,11-12,19H,9-10H2,1-2H3. The van der Waals surface area contributed by atoms with Crippen LogP contribution >= 0.6 is 0 Å². The first-order chi connectivity index (χ1) is 9.69. The number of nitrogens with zero attached hydrogens (tertiary/aromatic N) is 1. The molecule has 0 spiro atoms. The summed E-state index contributed by atoms with van der Waals surface area (Å²) in [4.78, 5) is 2.19. The number of nitrogens with one attached hydrogen (secondary N) is 1. The number of rotatable bonds is 3. The number of benzene rings is 2. The Bertz CT molecular complexity index is 607. The number of hydrogen-bond acceptors (Lipinski definition) is 2. The van der Waals surface area contributed by atoms with Gasteiger partial charge in [-0.25, -0.2) is 4.39 Å². The summed E-state index contributed by atoms with van der Waals surface area (Å²) in [6.07, 6.45) is 0.976. The average molecular weight is 270 g/mol. The highest BCUT2D eigenvalue weighted by Crippen LogP contribution is 2.35. The van der Waals surface area contributed by atoms with Crippen LogP contribution in [0.15, 0.2) is 42.5 Å². The van der Waals surface area contributed by atoms with E-state index in [4.69, 9.17) is 0 Å². The van der Waals surface area contributed by atoms with Crippen molar-refractivity contribution < 1.29 is 4.39 Å². The molecule has 1 atom stereocenters. The molecular weight excluding hydrogens is 251 g/mol. The first kappa shape index (κ1) is 13.1. The molecular formula is C17H19FN2. The zero-order valence-corrected chi connectivity index (χ0v) is 11.9. The van der Waals surface area contributed by atoms with Gasteiger partial charge >= 0.3 is 0 Å².